The van der Waals surface area contributed by atoms with Crippen LogP contribution in [0.5, 0.6) is 0 Å². The van der Waals surface area contributed by atoms with Gasteiger partial charge in [-0.1, -0.05) is 12.5 Å². The number of piperidine rings is 1. The van der Waals surface area contributed by atoms with E-state index in [0.29, 0.717) is 6.04 Å². The van der Waals surface area contributed by atoms with E-state index in [9.17, 15) is 0 Å². The predicted octanol–water partition coefficient (Wildman–Crippen LogP) is 1.39. The number of nitrogens with two attached hydrogens (primary N) is 1. The highest BCUT2D eigenvalue weighted by atomic mass is 15.2. The molecule has 1 saturated heterocycles. The monoisotopic (exact) mass is 205 g/mol. The third-order valence-corrected chi connectivity index (χ3v) is 3.11. The molecule has 0 amide bonds. The predicted molar refractivity (Wildman–Crippen MR) is 61.3 cm³/mol. The SMILES string of the molecule is NCC1CCCCN1Cc1ccccn1. The van der Waals surface area contributed by atoms with Crippen LogP contribution in [0.1, 0.15) is 25.0 Å². The molecule has 1 aromatic heterocycles. The lowest BCUT2D eigenvalue weighted by atomic mass is 10.0. The van der Waals surface area contributed by atoms with Crippen LogP contribution in [0.2, 0.25) is 0 Å². The quantitative estimate of drug-likeness (QED) is 0.811. The molecule has 3 heteroatoms. The zero-order chi connectivity index (χ0) is 10.5. The van der Waals surface area contributed by atoms with Crippen LogP contribution in [-0.4, -0.2) is 29.0 Å². The van der Waals surface area contributed by atoms with Gasteiger partial charge in [0.25, 0.3) is 0 Å². The Balaban J connectivity index is 1.97. The fourth-order valence-electron chi connectivity index (χ4n) is 2.23. The van der Waals surface area contributed by atoms with Crippen LogP contribution < -0.4 is 5.73 Å². The third-order valence-electron chi connectivity index (χ3n) is 3.11. The van der Waals surface area contributed by atoms with Gasteiger partial charge >= 0.3 is 0 Å². The first-order chi connectivity index (χ1) is 7.40. The first-order valence-corrected chi connectivity index (χ1v) is 5.74. The molecular formula is C12H19N3. The Bertz CT molecular complexity index is 286. The van der Waals surface area contributed by atoms with Crippen molar-refractivity contribution in [3.8, 4) is 0 Å². The minimum absolute atomic E-state index is 0.556. The minimum atomic E-state index is 0.556. The van der Waals surface area contributed by atoms with E-state index in [1.54, 1.807) is 0 Å². The van der Waals surface area contributed by atoms with Crippen molar-refractivity contribution in [1.82, 2.24) is 9.88 Å². The molecule has 0 saturated carbocycles. The summed E-state index contributed by atoms with van der Waals surface area (Å²) in [6, 6.07) is 6.65. The maximum absolute atomic E-state index is 5.79. The van der Waals surface area contributed by atoms with Gasteiger partial charge < -0.3 is 5.73 Å². The van der Waals surface area contributed by atoms with E-state index >= 15 is 0 Å². The van der Waals surface area contributed by atoms with Crippen molar-refractivity contribution >= 4 is 0 Å². The summed E-state index contributed by atoms with van der Waals surface area (Å²) in [5, 5.41) is 0. The Kier molecular flexibility index (Phi) is 3.69. The molecule has 1 aliphatic rings. The summed E-state index contributed by atoms with van der Waals surface area (Å²) in [5.41, 5.74) is 6.94. The Morgan fingerprint density at radius 3 is 3.07 bits per heavy atom. The van der Waals surface area contributed by atoms with Crippen LogP contribution in [0.3, 0.4) is 0 Å². The van der Waals surface area contributed by atoms with Gasteiger partial charge in [0, 0.05) is 25.3 Å². The summed E-state index contributed by atoms with van der Waals surface area (Å²) in [4.78, 5) is 6.82. The summed E-state index contributed by atoms with van der Waals surface area (Å²) in [5.74, 6) is 0. The van der Waals surface area contributed by atoms with Gasteiger partial charge in [0.1, 0.15) is 0 Å². The van der Waals surface area contributed by atoms with Crippen molar-refractivity contribution in [3.63, 3.8) is 0 Å². The van der Waals surface area contributed by atoms with E-state index in [1.807, 2.05) is 18.3 Å². The summed E-state index contributed by atoms with van der Waals surface area (Å²) in [6.45, 7) is 2.88. The van der Waals surface area contributed by atoms with Crippen molar-refractivity contribution in [2.45, 2.75) is 31.8 Å². The molecule has 1 aromatic rings. The molecule has 0 spiro atoms. The number of hydrogen-bond donors (Lipinski definition) is 1. The maximum atomic E-state index is 5.79. The second-order valence-corrected chi connectivity index (χ2v) is 4.18. The smallest absolute Gasteiger partial charge is 0.0544 e. The zero-order valence-corrected chi connectivity index (χ0v) is 9.10. The van der Waals surface area contributed by atoms with Crippen molar-refractivity contribution in [1.29, 1.82) is 0 Å². The summed E-state index contributed by atoms with van der Waals surface area (Å²) in [7, 11) is 0. The largest absolute Gasteiger partial charge is 0.329 e. The average Bonchev–Trinajstić information content (AvgIpc) is 2.31. The van der Waals surface area contributed by atoms with Crippen LogP contribution in [0.15, 0.2) is 24.4 Å². The van der Waals surface area contributed by atoms with Gasteiger partial charge in [0.2, 0.25) is 0 Å². The second-order valence-electron chi connectivity index (χ2n) is 4.18. The van der Waals surface area contributed by atoms with Gasteiger partial charge in [0.05, 0.1) is 5.69 Å². The van der Waals surface area contributed by atoms with Crippen LogP contribution in [-0.2, 0) is 6.54 Å². The molecule has 2 heterocycles. The highest BCUT2D eigenvalue weighted by molar-refractivity contribution is 5.03. The molecule has 0 radical (unpaired) electrons. The highest BCUT2D eigenvalue weighted by Crippen LogP contribution is 2.17. The molecule has 0 aliphatic carbocycles. The Labute approximate surface area is 91.3 Å². The standard InChI is InChI=1S/C12H19N3/c13-9-12-6-2-4-8-15(12)10-11-5-1-3-7-14-11/h1,3,5,7,12H,2,4,6,8-10,13H2. The van der Waals surface area contributed by atoms with Gasteiger partial charge in [-0.3, -0.25) is 9.88 Å². The number of nitrogens with zero attached hydrogens (tertiary/aromatic N) is 2. The van der Waals surface area contributed by atoms with E-state index in [0.717, 1.165) is 18.8 Å². The van der Waals surface area contributed by atoms with Gasteiger partial charge in [0.15, 0.2) is 0 Å². The zero-order valence-electron chi connectivity index (χ0n) is 9.10. The number of rotatable bonds is 3. The molecule has 1 unspecified atom stereocenters. The van der Waals surface area contributed by atoms with Crippen LogP contribution in [0, 0.1) is 0 Å². The van der Waals surface area contributed by atoms with E-state index < -0.39 is 0 Å². The number of hydrogen-bond acceptors (Lipinski definition) is 3. The molecule has 15 heavy (non-hydrogen) atoms. The van der Waals surface area contributed by atoms with Crippen molar-refractivity contribution < 1.29 is 0 Å². The summed E-state index contributed by atoms with van der Waals surface area (Å²) < 4.78 is 0. The van der Waals surface area contributed by atoms with E-state index in [2.05, 4.69) is 16.0 Å². The maximum Gasteiger partial charge on any atom is 0.0544 e. The Hall–Kier alpha value is -0.930. The molecule has 0 aromatic carbocycles. The molecular weight excluding hydrogens is 186 g/mol. The lowest BCUT2D eigenvalue weighted by molar-refractivity contribution is 0.143. The topological polar surface area (TPSA) is 42.1 Å². The second kappa shape index (κ2) is 5.24. The van der Waals surface area contributed by atoms with Gasteiger partial charge in [-0.05, 0) is 31.5 Å². The van der Waals surface area contributed by atoms with Gasteiger partial charge in [-0.25, -0.2) is 0 Å². The molecule has 3 nitrogen and oxygen atoms in total. The van der Waals surface area contributed by atoms with Gasteiger partial charge in [-0.15, -0.1) is 0 Å². The molecule has 2 N–H and O–H groups in total. The lowest BCUT2D eigenvalue weighted by Gasteiger charge is -2.34. The molecule has 2 rings (SSSR count). The highest BCUT2D eigenvalue weighted by Gasteiger charge is 2.20. The van der Waals surface area contributed by atoms with E-state index in [-0.39, 0.29) is 0 Å². The van der Waals surface area contributed by atoms with Crippen LogP contribution in [0.25, 0.3) is 0 Å². The molecule has 82 valence electrons. The first kappa shape index (κ1) is 10.6. The third kappa shape index (κ3) is 2.76. The Morgan fingerprint density at radius 2 is 2.33 bits per heavy atom. The van der Waals surface area contributed by atoms with E-state index in [1.165, 1.54) is 25.8 Å². The van der Waals surface area contributed by atoms with Crippen molar-refractivity contribution in [2.75, 3.05) is 13.1 Å². The summed E-state index contributed by atoms with van der Waals surface area (Å²) in [6.07, 6.45) is 5.71. The Morgan fingerprint density at radius 1 is 1.40 bits per heavy atom. The summed E-state index contributed by atoms with van der Waals surface area (Å²) >= 11 is 0. The normalized spacial score (nSPS) is 22.9. The van der Waals surface area contributed by atoms with Gasteiger partial charge in [-0.2, -0.15) is 0 Å². The molecule has 1 fully saturated rings. The fourth-order valence-corrected chi connectivity index (χ4v) is 2.23. The van der Waals surface area contributed by atoms with Crippen molar-refractivity contribution in [2.24, 2.45) is 5.73 Å². The fraction of sp³-hybridized carbons (Fsp3) is 0.583. The molecule has 1 atom stereocenters. The van der Waals surface area contributed by atoms with Crippen LogP contribution in [0.4, 0.5) is 0 Å². The van der Waals surface area contributed by atoms with Crippen molar-refractivity contribution in [3.05, 3.63) is 30.1 Å². The number of aromatic nitrogens is 1. The number of likely N-dealkylation sites (tertiary alicyclic amines) is 1. The molecule has 0 bridgehead atoms. The minimum Gasteiger partial charge on any atom is -0.329 e. The average molecular weight is 205 g/mol. The van der Waals surface area contributed by atoms with Crippen LogP contribution >= 0.6 is 0 Å². The first-order valence-electron chi connectivity index (χ1n) is 5.74. The molecule has 1 aliphatic heterocycles. The lowest BCUT2D eigenvalue weighted by Crippen LogP contribution is -2.43. The van der Waals surface area contributed by atoms with E-state index in [4.69, 9.17) is 5.73 Å². The number of pyridine rings is 1.